The number of nitriles is 1. The number of pyridine rings is 1. The Morgan fingerprint density at radius 1 is 1.35 bits per heavy atom. The van der Waals surface area contributed by atoms with Crippen LogP contribution in [0.5, 0.6) is 11.5 Å². The first-order valence-corrected chi connectivity index (χ1v) is 7.34. The molecule has 0 amide bonds. The number of nitrogens with zero attached hydrogens (tertiary/aromatic N) is 4. The fourth-order valence-electron chi connectivity index (χ4n) is 2.60. The van der Waals surface area contributed by atoms with Crippen LogP contribution in [-0.4, -0.2) is 32.8 Å². The minimum Gasteiger partial charge on any atom is -0.455 e. The Morgan fingerprint density at radius 3 is 2.78 bits per heavy atom. The maximum absolute atomic E-state index is 8.90. The van der Waals surface area contributed by atoms with Crippen LogP contribution in [0.25, 0.3) is 0 Å². The number of nitrogens with one attached hydrogen (secondary N) is 1. The molecule has 0 unspecified atom stereocenters. The SMILES string of the molecule is Cc1cc(C#N)ncc1Oc1cc(N(C)C)c2c(c1)N(C)CN2. The van der Waals surface area contributed by atoms with Gasteiger partial charge in [0.25, 0.3) is 0 Å². The summed E-state index contributed by atoms with van der Waals surface area (Å²) in [4.78, 5) is 8.28. The zero-order chi connectivity index (χ0) is 16.6. The van der Waals surface area contributed by atoms with Crippen molar-refractivity contribution in [2.24, 2.45) is 0 Å². The van der Waals surface area contributed by atoms with E-state index in [1.54, 1.807) is 12.3 Å². The topological polar surface area (TPSA) is 64.4 Å². The quantitative estimate of drug-likeness (QED) is 0.940. The van der Waals surface area contributed by atoms with Gasteiger partial charge >= 0.3 is 0 Å². The van der Waals surface area contributed by atoms with Gasteiger partial charge in [-0.2, -0.15) is 5.26 Å². The van der Waals surface area contributed by atoms with E-state index in [4.69, 9.17) is 10.00 Å². The summed E-state index contributed by atoms with van der Waals surface area (Å²) in [7, 11) is 6.05. The molecule has 2 heterocycles. The van der Waals surface area contributed by atoms with Crippen molar-refractivity contribution in [3.05, 3.63) is 35.7 Å². The van der Waals surface area contributed by atoms with Crippen molar-refractivity contribution in [3.63, 3.8) is 0 Å². The first kappa shape index (κ1) is 15.0. The molecule has 0 saturated heterocycles. The van der Waals surface area contributed by atoms with Gasteiger partial charge in [0.2, 0.25) is 0 Å². The normalized spacial score (nSPS) is 12.4. The van der Waals surface area contributed by atoms with Gasteiger partial charge in [-0.1, -0.05) is 0 Å². The van der Waals surface area contributed by atoms with Gasteiger partial charge in [-0.25, -0.2) is 4.98 Å². The van der Waals surface area contributed by atoms with E-state index in [-0.39, 0.29) is 0 Å². The molecule has 23 heavy (non-hydrogen) atoms. The molecule has 1 aliphatic rings. The standard InChI is InChI=1S/C17H19N5O/c1-11-5-12(8-18)19-9-16(11)23-13-6-14(21(2)3)17-15(7-13)22(4)10-20-17/h5-7,9,20H,10H2,1-4H3. The van der Waals surface area contributed by atoms with Crippen LogP contribution in [0, 0.1) is 18.3 Å². The molecule has 6 nitrogen and oxygen atoms in total. The van der Waals surface area contributed by atoms with Gasteiger partial charge < -0.3 is 19.9 Å². The van der Waals surface area contributed by atoms with Crippen molar-refractivity contribution < 1.29 is 4.74 Å². The summed E-state index contributed by atoms with van der Waals surface area (Å²) in [6, 6.07) is 7.78. The van der Waals surface area contributed by atoms with Crippen LogP contribution in [0.4, 0.5) is 17.1 Å². The average molecular weight is 309 g/mol. The number of benzene rings is 1. The molecular weight excluding hydrogens is 290 g/mol. The Kier molecular flexibility index (Phi) is 3.70. The number of anilines is 3. The fourth-order valence-corrected chi connectivity index (χ4v) is 2.60. The predicted octanol–water partition coefficient (Wildman–Crippen LogP) is 2.94. The molecule has 0 spiro atoms. The highest BCUT2D eigenvalue weighted by Crippen LogP contribution is 2.43. The largest absolute Gasteiger partial charge is 0.455 e. The number of ether oxygens (including phenoxy) is 1. The molecule has 3 rings (SSSR count). The van der Waals surface area contributed by atoms with Crippen LogP contribution in [-0.2, 0) is 0 Å². The maximum atomic E-state index is 8.90. The average Bonchev–Trinajstić information content (AvgIpc) is 2.90. The third-order valence-electron chi connectivity index (χ3n) is 3.86. The van der Waals surface area contributed by atoms with E-state index in [0.717, 1.165) is 35.0 Å². The second-order valence-electron chi connectivity index (χ2n) is 5.81. The van der Waals surface area contributed by atoms with Crippen molar-refractivity contribution in [2.75, 3.05) is 42.9 Å². The number of rotatable bonds is 3. The van der Waals surface area contributed by atoms with Gasteiger partial charge in [-0.05, 0) is 18.6 Å². The Balaban J connectivity index is 2.00. The van der Waals surface area contributed by atoms with Gasteiger partial charge in [0.15, 0.2) is 0 Å². The molecule has 0 fully saturated rings. The Morgan fingerprint density at radius 2 is 2.13 bits per heavy atom. The van der Waals surface area contributed by atoms with Gasteiger partial charge in [-0.15, -0.1) is 0 Å². The molecule has 1 aromatic heterocycles. The first-order chi connectivity index (χ1) is 11.0. The zero-order valence-corrected chi connectivity index (χ0v) is 13.7. The maximum Gasteiger partial charge on any atom is 0.148 e. The van der Waals surface area contributed by atoms with E-state index in [0.29, 0.717) is 11.4 Å². The van der Waals surface area contributed by atoms with Gasteiger partial charge in [0.1, 0.15) is 23.3 Å². The predicted molar refractivity (Wildman–Crippen MR) is 91.4 cm³/mol. The smallest absolute Gasteiger partial charge is 0.148 e. The first-order valence-electron chi connectivity index (χ1n) is 7.34. The van der Waals surface area contributed by atoms with Crippen molar-refractivity contribution in [3.8, 4) is 17.6 Å². The van der Waals surface area contributed by atoms with Gasteiger partial charge in [0, 0.05) is 33.3 Å². The number of fused-ring (bicyclic) bond motifs is 1. The molecule has 1 aliphatic heterocycles. The van der Waals surface area contributed by atoms with Gasteiger partial charge in [-0.3, -0.25) is 0 Å². The van der Waals surface area contributed by atoms with Gasteiger partial charge in [0.05, 0.1) is 29.9 Å². The number of hydrogen-bond donors (Lipinski definition) is 1. The van der Waals surface area contributed by atoms with Crippen molar-refractivity contribution in [1.29, 1.82) is 5.26 Å². The second-order valence-corrected chi connectivity index (χ2v) is 5.81. The third kappa shape index (κ3) is 2.73. The number of aryl methyl sites for hydroxylation is 1. The monoisotopic (exact) mass is 309 g/mol. The zero-order valence-electron chi connectivity index (χ0n) is 13.7. The molecule has 0 aliphatic carbocycles. The van der Waals surface area contributed by atoms with E-state index in [9.17, 15) is 0 Å². The second kappa shape index (κ2) is 5.69. The summed E-state index contributed by atoms with van der Waals surface area (Å²) in [6.45, 7) is 2.68. The summed E-state index contributed by atoms with van der Waals surface area (Å²) in [5.41, 5.74) is 4.56. The molecule has 118 valence electrons. The van der Waals surface area contributed by atoms with Crippen LogP contribution in [0.2, 0.25) is 0 Å². The van der Waals surface area contributed by atoms with E-state index in [1.807, 2.05) is 46.3 Å². The molecule has 0 radical (unpaired) electrons. The Hall–Kier alpha value is -2.94. The summed E-state index contributed by atoms with van der Waals surface area (Å²) in [6.07, 6.45) is 1.60. The molecular formula is C17H19N5O. The van der Waals surface area contributed by atoms with E-state index in [1.165, 1.54) is 0 Å². The number of aromatic nitrogens is 1. The third-order valence-corrected chi connectivity index (χ3v) is 3.86. The van der Waals surface area contributed by atoms with Crippen molar-refractivity contribution >= 4 is 17.1 Å². The molecule has 6 heteroatoms. The summed E-state index contributed by atoms with van der Waals surface area (Å²) in [5, 5.41) is 12.3. The lowest BCUT2D eigenvalue weighted by Gasteiger charge is -2.19. The highest BCUT2D eigenvalue weighted by molar-refractivity contribution is 5.88. The molecule has 1 aromatic carbocycles. The lowest BCUT2D eigenvalue weighted by molar-refractivity contribution is 0.476. The van der Waals surface area contributed by atoms with Crippen LogP contribution >= 0.6 is 0 Å². The highest BCUT2D eigenvalue weighted by Gasteiger charge is 2.21. The van der Waals surface area contributed by atoms with Crippen LogP contribution in [0.1, 0.15) is 11.3 Å². The van der Waals surface area contributed by atoms with Crippen molar-refractivity contribution in [2.45, 2.75) is 6.92 Å². The number of hydrogen-bond acceptors (Lipinski definition) is 6. The Bertz CT molecular complexity index is 794. The van der Waals surface area contributed by atoms with Crippen LogP contribution in [0.3, 0.4) is 0 Å². The highest BCUT2D eigenvalue weighted by atomic mass is 16.5. The molecule has 0 atom stereocenters. The minimum absolute atomic E-state index is 0.390. The lowest BCUT2D eigenvalue weighted by atomic mass is 10.2. The molecule has 1 N–H and O–H groups in total. The Labute approximate surface area is 135 Å². The van der Waals surface area contributed by atoms with Crippen LogP contribution < -0.4 is 19.9 Å². The van der Waals surface area contributed by atoms with Crippen LogP contribution in [0.15, 0.2) is 24.4 Å². The summed E-state index contributed by atoms with van der Waals surface area (Å²) in [5.74, 6) is 1.40. The van der Waals surface area contributed by atoms with Crippen molar-refractivity contribution in [1.82, 2.24) is 4.98 Å². The minimum atomic E-state index is 0.390. The molecule has 0 saturated carbocycles. The summed E-state index contributed by atoms with van der Waals surface area (Å²) < 4.78 is 6.02. The van der Waals surface area contributed by atoms with E-state index in [2.05, 4.69) is 20.1 Å². The van der Waals surface area contributed by atoms with E-state index >= 15 is 0 Å². The molecule has 2 aromatic rings. The molecule has 0 bridgehead atoms. The summed E-state index contributed by atoms with van der Waals surface area (Å²) >= 11 is 0. The lowest BCUT2D eigenvalue weighted by Crippen LogP contribution is -2.15. The fraction of sp³-hybridized carbons (Fsp3) is 0.294. The van der Waals surface area contributed by atoms with E-state index < -0.39 is 0 Å².